The van der Waals surface area contributed by atoms with Crippen LogP contribution < -0.4 is 15.0 Å². The zero-order valence-corrected chi connectivity index (χ0v) is 13.8. The summed E-state index contributed by atoms with van der Waals surface area (Å²) in [7, 11) is 1.55. The zero-order valence-electron chi connectivity index (χ0n) is 13.8. The van der Waals surface area contributed by atoms with E-state index in [4.69, 9.17) is 4.74 Å². The van der Waals surface area contributed by atoms with Crippen molar-refractivity contribution in [2.24, 2.45) is 0 Å². The molecule has 5 heteroatoms. The van der Waals surface area contributed by atoms with Gasteiger partial charge < -0.3 is 15.0 Å². The number of para-hydroxylation sites is 1. The average Bonchev–Trinajstić information content (AvgIpc) is 3.03. The van der Waals surface area contributed by atoms with Crippen LogP contribution in [0.5, 0.6) is 5.75 Å². The third-order valence-electron chi connectivity index (χ3n) is 4.22. The van der Waals surface area contributed by atoms with E-state index in [9.17, 15) is 9.59 Å². The minimum Gasteiger partial charge on any atom is -0.496 e. The predicted octanol–water partition coefficient (Wildman–Crippen LogP) is 2.53. The topological polar surface area (TPSA) is 58.6 Å². The molecule has 2 amide bonds. The summed E-state index contributed by atoms with van der Waals surface area (Å²) in [5.41, 5.74) is 3.66. The van der Waals surface area contributed by atoms with Crippen LogP contribution >= 0.6 is 0 Å². The molecule has 5 nitrogen and oxygen atoms in total. The maximum atomic E-state index is 12.3. The quantitative estimate of drug-likeness (QED) is 0.940. The van der Waals surface area contributed by atoms with Crippen LogP contribution in [0, 0.1) is 0 Å². The van der Waals surface area contributed by atoms with Crippen LogP contribution in [0.2, 0.25) is 0 Å². The number of methoxy groups -OCH3 is 1. The van der Waals surface area contributed by atoms with Gasteiger partial charge in [0, 0.05) is 25.7 Å². The van der Waals surface area contributed by atoms with E-state index in [0.717, 1.165) is 29.8 Å². The normalized spacial score (nSPS) is 12.7. The van der Waals surface area contributed by atoms with Crippen molar-refractivity contribution in [3.8, 4) is 5.75 Å². The van der Waals surface area contributed by atoms with E-state index in [1.165, 1.54) is 0 Å². The van der Waals surface area contributed by atoms with Gasteiger partial charge in [-0.2, -0.15) is 0 Å². The molecule has 2 aromatic rings. The van der Waals surface area contributed by atoms with Crippen molar-refractivity contribution >= 4 is 17.5 Å². The van der Waals surface area contributed by atoms with Crippen molar-refractivity contribution in [1.82, 2.24) is 5.32 Å². The summed E-state index contributed by atoms with van der Waals surface area (Å²) in [6.07, 6.45) is 0.850. The minimum absolute atomic E-state index is 0.0611. The van der Waals surface area contributed by atoms with Gasteiger partial charge in [0.25, 0.3) is 5.91 Å². The molecular formula is C19H20N2O3. The summed E-state index contributed by atoms with van der Waals surface area (Å²) in [4.78, 5) is 25.7. The third-order valence-corrected chi connectivity index (χ3v) is 4.22. The lowest BCUT2D eigenvalue weighted by atomic mass is 10.1. The average molecular weight is 324 g/mol. The van der Waals surface area contributed by atoms with Gasteiger partial charge in [-0.25, -0.2) is 0 Å². The van der Waals surface area contributed by atoms with Crippen molar-refractivity contribution in [2.45, 2.75) is 19.9 Å². The number of rotatable bonds is 4. The molecule has 0 saturated carbocycles. The van der Waals surface area contributed by atoms with Crippen LogP contribution in [0.3, 0.4) is 0 Å². The van der Waals surface area contributed by atoms with Gasteiger partial charge in [0.2, 0.25) is 5.91 Å². The number of carbonyl (C=O) groups is 2. The number of hydrogen-bond donors (Lipinski definition) is 1. The molecule has 1 aliphatic heterocycles. The van der Waals surface area contributed by atoms with E-state index in [1.54, 1.807) is 31.1 Å². The Kier molecular flexibility index (Phi) is 4.51. The lowest BCUT2D eigenvalue weighted by molar-refractivity contribution is -0.116. The Morgan fingerprint density at radius 1 is 1.21 bits per heavy atom. The van der Waals surface area contributed by atoms with E-state index in [2.05, 4.69) is 11.4 Å². The van der Waals surface area contributed by atoms with Crippen molar-refractivity contribution in [3.63, 3.8) is 0 Å². The molecule has 0 unspecified atom stereocenters. The third kappa shape index (κ3) is 3.11. The number of nitrogens with one attached hydrogen (secondary N) is 1. The highest BCUT2D eigenvalue weighted by Crippen LogP contribution is 2.29. The second-order valence-corrected chi connectivity index (χ2v) is 5.77. The molecule has 124 valence electrons. The maximum absolute atomic E-state index is 12.3. The number of fused-ring (bicyclic) bond motifs is 1. The fourth-order valence-corrected chi connectivity index (χ4v) is 3.00. The Morgan fingerprint density at radius 2 is 2.00 bits per heavy atom. The largest absolute Gasteiger partial charge is 0.496 e. The van der Waals surface area contributed by atoms with Crippen molar-refractivity contribution < 1.29 is 14.3 Å². The first kappa shape index (κ1) is 16.1. The Morgan fingerprint density at radius 3 is 2.75 bits per heavy atom. The van der Waals surface area contributed by atoms with E-state index in [-0.39, 0.29) is 11.8 Å². The Labute approximate surface area is 141 Å². The summed E-state index contributed by atoms with van der Waals surface area (Å²) >= 11 is 0. The lowest BCUT2D eigenvalue weighted by Gasteiger charge is -2.15. The molecular weight excluding hydrogens is 304 g/mol. The Balaban J connectivity index is 1.70. The lowest BCUT2D eigenvalue weighted by Crippen LogP contribution is -2.25. The molecule has 1 N–H and O–H groups in total. The molecule has 0 radical (unpaired) electrons. The van der Waals surface area contributed by atoms with Crippen LogP contribution in [0.25, 0.3) is 0 Å². The molecule has 0 saturated heterocycles. The highest BCUT2D eigenvalue weighted by molar-refractivity contribution is 5.97. The number of nitrogens with zero attached hydrogens (tertiary/aromatic N) is 1. The van der Waals surface area contributed by atoms with Crippen LogP contribution in [-0.4, -0.2) is 25.5 Å². The predicted molar refractivity (Wildman–Crippen MR) is 92.3 cm³/mol. The number of hydrogen-bond acceptors (Lipinski definition) is 3. The molecule has 3 rings (SSSR count). The molecule has 1 aliphatic rings. The van der Waals surface area contributed by atoms with E-state index in [1.807, 2.05) is 24.3 Å². The molecule has 0 fully saturated rings. The first-order valence-corrected chi connectivity index (χ1v) is 7.91. The molecule has 24 heavy (non-hydrogen) atoms. The second kappa shape index (κ2) is 6.74. The Hall–Kier alpha value is -2.82. The van der Waals surface area contributed by atoms with Gasteiger partial charge in [-0.1, -0.05) is 24.3 Å². The molecule has 0 aromatic heterocycles. The molecule has 0 spiro atoms. The number of anilines is 1. The molecule has 1 heterocycles. The van der Waals surface area contributed by atoms with Crippen LogP contribution in [0.1, 0.15) is 28.4 Å². The van der Waals surface area contributed by atoms with Gasteiger partial charge >= 0.3 is 0 Å². The second-order valence-electron chi connectivity index (χ2n) is 5.77. The molecule has 0 bridgehead atoms. The number of benzene rings is 2. The number of amides is 2. The SMILES string of the molecule is COc1ccccc1C(=O)NCc1ccc2c(c1)CCN2C(C)=O. The van der Waals surface area contributed by atoms with Gasteiger partial charge in [0.15, 0.2) is 0 Å². The summed E-state index contributed by atoms with van der Waals surface area (Å²) < 4.78 is 5.21. The fraction of sp³-hybridized carbons (Fsp3) is 0.263. The van der Waals surface area contributed by atoms with Crippen LogP contribution in [0.4, 0.5) is 5.69 Å². The Bertz CT molecular complexity index is 786. The maximum Gasteiger partial charge on any atom is 0.255 e. The summed E-state index contributed by atoms with van der Waals surface area (Å²) in [5.74, 6) is 0.449. The fourth-order valence-electron chi connectivity index (χ4n) is 3.00. The van der Waals surface area contributed by atoms with Crippen molar-refractivity contribution in [2.75, 3.05) is 18.6 Å². The highest BCUT2D eigenvalue weighted by atomic mass is 16.5. The smallest absolute Gasteiger partial charge is 0.255 e. The molecule has 2 aromatic carbocycles. The first-order valence-electron chi connectivity index (χ1n) is 7.91. The monoisotopic (exact) mass is 324 g/mol. The minimum atomic E-state index is -0.168. The van der Waals surface area contributed by atoms with Crippen LogP contribution in [-0.2, 0) is 17.8 Å². The summed E-state index contributed by atoms with van der Waals surface area (Å²) in [6.45, 7) is 2.74. The van der Waals surface area contributed by atoms with E-state index >= 15 is 0 Å². The first-order chi connectivity index (χ1) is 11.6. The van der Waals surface area contributed by atoms with E-state index < -0.39 is 0 Å². The van der Waals surface area contributed by atoms with Crippen molar-refractivity contribution in [1.29, 1.82) is 0 Å². The standard InChI is InChI=1S/C19H20N2O3/c1-13(22)21-10-9-15-11-14(7-8-17(15)21)12-20-19(23)16-5-3-4-6-18(16)24-2/h3-8,11H,9-10,12H2,1-2H3,(H,20,23). The van der Waals surface area contributed by atoms with Gasteiger partial charge in [-0.05, 0) is 35.7 Å². The molecule has 0 aliphatic carbocycles. The van der Waals surface area contributed by atoms with Crippen LogP contribution in [0.15, 0.2) is 42.5 Å². The zero-order chi connectivity index (χ0) is 17.1. The summed E-state index contributed by atoms with van der Waals surface area (Å²) in [6, 6.07) is 13.1. The summed E-state index contributed by atoms with van der Waals surface area (Å²) in [5, 5.41) is 2.92. The van der Waals surface area contributed by atoms with E-state index in [0.29, 0.717) is 17.9 Å². The van der Waals surface area contributed by atoms with Crippen molar-refractivity contribution in [3.05, 3.63) is 59.2 Å². The highest BCUT2D eigenvalue weighted by Gasteiger charge is 2.22. The number of ether oxygens (including phenoxy) is 1. The van der Waals surface area contributed by atoms with Gasteiger partial charge in [0.05, 0.1) is 12.7 Å². The van der Waals surface area contributed by atoms with Gasteiger partial charge in [0.1, 0.15) is 5.75 Å². The number of carbonyl (C=O) groups excluding carboxylic acids is 2. The van der Waals surface area contributed by atoms with Gasteiger partial charge in [-0.15, -0.1) is 0 Å². The van der Waals surface area contributed by atoms with Gasteiger partial charge in [-0.3, -0.25) is 9.59 Å². The molecule has 0 atom stereocenters.